The molecule has 1 atom stereocenters. The van der Waals surface area contributed by atoms with Gasteiger partial charge in [-0.15, -0.1) is 0 Å². The second-order valence-electron chi connectivity index (χ2n) is 7.57. The third-order valence-electron chi connectivity index (χ3n) is 5.81. The molecule has 2 aliphatic heterocycles. The van der Waals surface area contributed by atoms with Gasteiger partial charge in [-0.25, -0.2) is 0 Å². The summed E-state index contributed by atoms with van der Waals surface area (Å²) in [6.07, 6.45) is 1.27. The number of hydrogen-bond acceptors (Lipinski definition) is 4. The van der Waals surface area contributed by atoms with Crippen LogP contribution < -0.4 is 10.7 Å². The molecule has 25 heavy (non-hydrogen) atoms. The number of H-pyrrole nitrogens is 1. The molecule has 5 nitrogen and oxygen atoms in total. The van der Waals surface area contributed by atoms with Crippen LogP contribution in [0.1, 0.15) is 23.2 Å². The van der Waals surface area contributed by atoms with E-state index < -0.39 is 0 Å². The van der Waals surface area contributed by atoms with Gasteiger partial charge < -0.3 is 10.3 Å². The lowest BCUT2D eigenvalue weighted by molar-refractivity contribution is 0.0974. The highest BCUT2D eigenvalue weighted by molar-refractivity contribution is 5.84. The van der Waals surface area contributed by atoms with E-state index >= 15 is 0 Å². The highest BCUT2D eigenvalue weighted by atomic mass is 16.1. The Morgan fingerprint density at radius 2 is 1.88 bits per heavy atom. The highest BCUT2D eigenvalue weighted by Crippen LogP contribution is 2.19. The van der Waals surface area contributed by atoms with Crippen LogP contribution in [0.2, 0.25) is 0 Å². The number of nitrogens with one attached hydrogen (secondary N) is 2. The number of pyridine rings is 1. The Bertz CT molecular complexity index is 814. The summed E-state index contributed by atoms with van der Waals surface area (Å²) < 4.78 is 0. The van der Waals surface area contributed by atoms with Gasteiger partial charge in [-0.1, -0.05) is 12.1 Å². The van der Waals surface area contributed by atoms with E-state index in [-0.39, 0.29) is 5.43 Å². The highest BCUT2D eigenvalue weighted by Gasteiger charge is 2.26. The molecule has 3 heterocycles. The van der Waals surface area contributed by atoms with Crippen molar-refractivity contribution in [1.29, 1.82) is 0 Å². The lowest BCUT2D eigenvalue weighted by atomic mass is 10.0. The Morgan fingerprint density at radius 3 is 2.60 bits per heavy atom. The van der Waals surface area contributed by atoms with Gasteiger partial charge in [0, 0.05) is 62.5 Å². The molecule has 2 saturated heterocycles. The molecule has 0 unspecified atom stereocenters. The van der Waals surface area contributed by atoms with Crippen LogP contribution in [0.15, 0.2) is 23.0 Å². The molecule has 0 spiro atoms. The molecular formula is C20H28N4O. The molecule has 4 rings (SSSR count). The first-order chi connectivity index (χ1) is 12.1. The number of aryl methyl sites for hydroxylation is 2. The molecular weight excluding hydrogens is 312 g/mol. The van der Waals surface area contributed by atoms with E-state index in [0.717, 1.165) is 73.5 Å². The summed E-state index contributed by atoms with van der Waals surface area (Å²) in [5.74, 6) is 0. The average molecular weight is 340 g/mol. The minimum absolute atomic E-state index is 0.139. The molecule has 1 aromatic carbocycles. The fourth-order valence-electron chi connectivity index (χ4n) is 4.28. The minimum atomic E-state index is 0.139. The SMILES string of the molecule is Cc1ccc(C)c2c(=O)cc(CN3CCN([C@@H]4CCNC4)CC3)[nH]c12. The zero-order chi connectivity index (χ0) is 17.4. The van der Waals surface area contributed by atoms with Crippen LogP contribution in [0.4, 0.5) is 0 Å². The molecule has 2 aromatic rings. The molecule has 134 valence electrons. The predicted molar refractivity (Wildman–Crippen MR) is 102 cm³/mol. The first-order valence-corrected chi connectivity index (χ1v) is 9.41. The van der Waals surface area contributed by atoms with Gasteiger partial charge in [0.1, 0.15) is 0 Å². The molecule has 0 aliphatic carbocycles. The molecule has 1 aromatic heterocycles. The number of aromatic nitrogens is 1. The van der Waals surface area contributed by atoms with E-state index in [2.05, 4.69) is 33.1 Å². The van der Waals surface area contributed by atoms with Crippen LogP contribution in [0.5, 0.6) is 0 Å². The number of nitrogens with zero attached hydrogens (tertiary/aromatic N) is 2. The van der Waals surface area contributed by atoms with Gasteiger partial charge >= 0.3 is 0 Å². The normalized spacial score (nSPS) is 22.7. The van der Waals surface area contributed by atoms with E-state index in [0.29, 0.717) is 6.04 Å². The quantitative estimate of drug-likeness (QED) is 0.892. The number of fused-ring (bicyclic) bond motifs is 1. The Labute approximate surface area is 149 Å². The molecule has 2 fully saturated rings. The number of piperazine rings is 1. The van der Waals surface area contributed by atoms with E-state index in [1.807, 2.05) is 13.0 Å². The van der Waals surface area contributed by atoms with Gasteiger partial charge in [-0.05, 0) is 37.9 Å². The molecule has 5 heteroatoms. The summed E-state index contributed by atoms with van der Waals surface area (Å²) in [5.41, 5.74) is 4.35. The van der Waals surface area contributed by atoms with E-state index in [1.165, 1.54) is 6.42 Å². The standard InChI is InChI=1S/C20H28N4O/c1-14-3-4-15(2)20-19(14)18(25)11-16(22-20)13-23-7-9-24(10-8-23)17-5-6-21-12-17/h3-4,11,17,21H,5-10,12-13H2,1-2H3,(H,22,25)/t17-/m1/s1. The maximum absolute atomic E-state index is 12.6. The average Bonchev–Trinajstić information content (AvgIpc) is 3.13. The van der Waals surface area contributed by atoms with Crippen molar-refractivity contribution in [3.63, 3.8) is 0 Å². The number of benzene rings is 1. The van der Waals surface area contributed by atoms with E-state index in [9.17, 15) is 4.79 Å². The van der Waals surface area contributed by atoms with Crippen LogP contribution in [-0.2, 0) is 6.54 Å². The van der Waals surface area contributed by atoms with Gasteiger partial charge in [0.2, 0.25) is 0 Å². The minimum Gasteiger partial charge on any atom is -0.357 e. The van der Waals surface area contributed by atoms with Crippen molar-refractivity contribution in [3.05, 3.63) is 45.2 Å². The maximum atomic E-state index is 12.6. The fraction of sp³-hybridized carbons (Fsp3) is 0.550. The van der Waals surface area contributed by atoms with Crippen LogP contribution in [0, 0.1) is 13.8 Å². The summed E-state index contributed by atoms with van der Waals surface area (Å²) >= 11 is 0. The lowest BCUT2D eigenvalue weighted by Crippen LogP contribution is -2.50. The molecule has 0 amide bonds. The van der Waals surface area contributed by atoms with Crippen LogP contribution in [0.3, 0.4) is 0 Å². The topological polar surface area (TPSA) is 51.4 Å². The molecule has 2 aliphatic rings. The van der Waals surface area contributed by atoms with Crippen molar-refractivity contribution in [2.45, 2.75) is 32.9 Å². The molecule has 0 bridgehead atoms. The first-order valence-electron chi connectivity index (χ1n) is 9.41. The van der Waals surface area contributed by atoms with Crippen LogP contribution >= 0.6 is 0 Å². The summed E-state index contributed by atoms with van der Waals surface area (Å²) in [6.45, 7) is 11.6. The van der Waals surface area contributed by atoms with Gasteiger partial charge in [0.25, 0.3) is 0 Å². The van der Waals surface area contributed by atoms with Crippen LogP contribution in [-0.4, -0.2) is 60.1 Å². The van der Waals surface area contributed by atoms with Gasteiger partial charge in [0.05, 0.1) is 5.52 Å². The molecule has 0 radical (unpaired) electrons. The van der Waals surface area contributed by atoms with Gasteiger partial charge in [-0.3, -0.25) is 14.6 Å². The second kappa shape index (κ2) is 6.90. The van der Waals surface area contributed by atoms with Crippen molar-refractivity contribution in [3.8, 4) is 0 Å². The van der Waals surface area contributed by atoms with Crippen molar-refractivity contribution in [1.82, 2.24) is 20.1 Å². The Balaban J connectivity index is 1.48. The van der Waals surface area contributed by atoms with Crippen molar-refractivity contribution in [2.75, 3.05) is 39.3 Å². The van der Waals surface area contributed by atoms with Crippen molar-refractivity contribution >= 4 is 10.9 Å². The number of aromatic amines is 1. The zero-order valence-corrected chi connectivity index (χ0v) is 15.3. The van der Waals surface area contributed by atoms with E-state index in [1.54, 1.807) is 6.07 Å². The lowest BCUT2D eigenvalue weighted by Gasteiger charge is -2.37. The Morgan fingerprint density at radius 1 is 1.12 bits per heavy atom. The zero-order valence-electron chi connectivity index (χ0n) is 15.3. The van der Waals surface area contributed by atoms with Crippen molar-refractivity contribution in [2.24, 2.45) is 0 Å². The van der Waals surface area contributed by atoms with E-state index in [4.69, 9.17) is 0 Å². The van der Waals surface area contributed by atoms with Gasteiger partial charge in [0.15, 0.2) is 5.43 Å². The van der Waals surface area contributed by atoms with Gasteiger partial charge in [-0.2, -0.15) is 0 Å². The van der Waals surface area contributed by atoms with Crippen molar-refractivity contribution < 1.29 is 0 Å². The Kier molecular flexibility index (Phi) is 4.63. The monoisotopic (exact) mass is 340 g/mol. The third-order valence-corrected chi connectivity index (χ3v) is 5.81. The smallest absolute Gasteiger partial charge is 0.189 e. The molecule has 0 saturated carbocycles. The third kappa shape index (κ3) is 3.36. The maximum Gasteiger partial charge on any atom is 0.189 e. The van der Waals surface area contributed by atoms with Crippen LogP contribution in [0.25, 0.3) is 10.9 Å². The summed E-state index contributed by atoms with van der Waals surface area (Å²) in [4.78, 5) is 21.2. The second-order valence-corrected chi connectivity index (χ2v) is 7.57. The largest absolute Gasteiger partial charge is 0.357 e. The predicted octanol–water partition coefficient (Wildman–Crippen LogP) is 1.62. The molecule has 2 N–H and O–H groups in total. The summed E-state index contributed by atoms with van der Waals surface area (Å²) in [6, 6.07) is 6.63. The fourth-order valence-corrected chi connectivity index (χ4v) is 4.28. The summed E-state index contributed by atoms with van der Waals surface area (Å²) in [5, 5.41) is 4.29. The summed E-state index contributed by atoms with van der Waals surface area (Å²) in [7, 11) is 0. The Hall–Kier alpha value is -1.69. The first kappa shape index (κ1) is 16.8. The number of rotatable bonds is 3. The number of hydrogen-bond donors (Lipinski definition) is 2.